The van der Waals surface area contributed by atoms with Crippen molar-refractivity contribution in [2.24, 2.45) is 0 Å². The van der Waals surface area contributed by atoms with Gasteiger partial charge in [-0.3, -0.25) is 0 Å². The second kappa shape index (κ2) is 6.99. The number of hydrogen-bond donors (Lipinski definition) is 0. The summed E-state index contributed by atoms with van der Waals surface area (Å²) in [5.41, 5.74) is 0.449. The van der Waals surface area contributed by atoms with Gasteiger partial charge in [0.1, 0.15) is 0 Å². The van der Waals surface area contributed by atoms with E-state index in [4.69, 9.17) is 16.9 Å². The Morgan fingerprint density at radius 2 is 1.67 bits per heavy atom. The van der Waals surface area contributed by atoms with E-state index in [9.17, 15) is 8.42 Å². The number of hydrogen-bond acceptors (Lipinski definition) is 4. The summed E-state index contributed by atoms with van der Waals surface area (Å²) in [6.45, 7) is 0. The standard InChI is InChI=1S/C15H12ClNO2S2/c16-13-3-5-14(6-4-13)20-9-10-21(18,19)15-7-1-12(11-17)2-8-15/h1-8H,9-10H2. The van der Waals surface area contributed by atoms with Gasteiger partial charge in [-0.1, -0.05) is 11.6 Å². The molecule has 0 aromatic heterocycles. The van der Waals surface area contributed by atoms with Crippen molar-refractivity contribution in [3.05, 3.63) is 59.1 Å². The predicted octanol–water partition coefficient (Wildman–Crippen LogP) is 3.78. The first-order valence-corrected chi connectivity index (χ1v) is 9.14. The lowest BCUT2D eigenvalue weighted by Gasteiger charge is -2.05. The highest BCUT2D eigenvalue weighted by molar-refractivity contribution is 8.00. The lowest BCUT2D eigenvalue weighted by molar-refractivity contribution is 0.597. The van der Waals surface area contributed by atoms with Crippen molar-refractivity contribution in [2.45, 2.75) is 9.79 Å². The molecule has 0 fully saturated rings. The van der Waals surface area contributed by atoms with Crippen molar-refractivity contribution in [3.63, 3.8) is 0 Å². The van der Waals surface area contributed by atoms with E-state index < -0.39 is 9.84 Å². The van der Waals surface area contributed by atoms with Gasteiger partial charge in [-0.2, -0.15) is 5.26 Å². The number of halogens is 1. The monoisotopic (exact) mass is 337 g/mol. The number of nitrogens with zero attached hydrogens (tertiary/aromatic N) is 1. The summed E-state index contributed by atoms with van der Waals surface area (Å²) < 4.78 is 24.3. The van der Waals surface area contributed by atoms with E-state index in [1.165, 1.54) is 36.0 Å². The van der Waals surface area contributed by atoms with Gasteiger partial charge in [0.05, 0.1) is 22.3 Å². The summed E-state index contributed by atoms with van der Waals surface area (Å²) >= 11 is 7.26. The molecule has 0 saturated carbocycles. The zero-order chi connectivity index (χ0) is 15.3. The van der Waals surface area contributed by atoms with Crippen LogP contribution in [0.3, 0.4) is 0 Å². The second-order valence-corrected chi connectivity index (χ2v) is 7.97. The molecule has 6 heteroatoms. The topological polar surface area (TPSA) is 57.9 Å². The Hall–Kier alpha value is -1.48. The molecule has 2 rings (SSSR count). The zero-order valence-corrected chi connectivity index (χ0v) is 13.4. The fourth-order valence-corrected chi connectivity index (χ4v) is 4.34. The molecule has 21 heavy (non-hydrogen) atoms. The van der Waals surface area contributed by atoms with Crippen LogP contribution in [0.25, 0.3) is 0 Å². The SMILES string of the molecule is N#Cc1ccc(S(=O)(=O)CCSc2ccc(Cl)cc2)cc1. The van der Waals surface area contributed by atoms with Crippen LogP contribution in [0.5, 0.6) is 0 Å². The minimum Gasteiger partial charge on any atom is -0.224 e. The third-order valence-corrected chi connectivity index (χ3v) is 6.03. The molecule has 0 aliphatic rings. The summed E-state index contributed by atoms with van der Waals surface area (Å²) in [7, 11) is -3.32. The molecule has 0 unspecified atom stereocenters. The largest absolute Gasteiger partial charge is 0.224 e. The van der Waals surface area contributed by atoms with Gasteiger partial charge in [-0.05, 0) is 48.5 Å². The minimum absolute atomic E-state index is 0.0478. The van der Waals surface area contributed by atoms with Crippen LogP contribution in [-0.2, 0) is 9.84 Å². The molecule has 0 atom stereocenters. The average Bonchev–Trinajstić information content (AvgIpc) is 2.49. The molecule has 3 nitrogen and oxygen atoms in total. The van der Waals surface area contributed by atoms with Crippen LogP contribution in [0.2, 0.25) is 5.02 Å². The van der Waals surface area contributed by atoms with Gasteiger partial charge in [-0.25, -0.2) is 8.42 Å². The smallest absolute Gasteiger partial charge is 0.179 e. The Balaban J connectivity index is 1.97. The van der Waals surface area contributed by atoms with Crippen LogP contribution >= 0.6 is 23.4 Å². The van der Waals surface area contributed by atoms with E-state index in [1.807, 2.05) is 18.2 Å². The zero-order valence-electron chi connectivity index (χ0n) is 11.0. The molecule has 0 spiro atoms. The Morgan fingerprint density at radius 3 is 2.24 bits per heavy atom. The van der Waals surface area contributed by atoms with Gasteiger partial charge >= 0.3 is 0 Å². The maximum atomic E-state index is 12.2. The fraction of sp³-hybridized carbons (Fsp3) is 0.133. The van der Waals surface area contributed by atoms with Crippen molar-refractivity contribution in [3.8, 4) is 6.07 Å². The van der Waals surface area contributed by atoms with Crippen molar-refractivity contribution in [2.75, 3.05) is 11.5 Å². The Labute approximate surface area is 133 Å². The molecule has 0 N–H and O–H groups in total. The van der Waals surface area contributed by atoms with E-state index >= 15 is 0 Å². The summed E-state index contributed by atoms with van der Waals surface area (Å²) in [5, 5.41) is 9.36. The third kappa shape index (κ3) is 4.50. The maximum Gasteiger partial charge on any atom is 0.179 e. The first kappa shape index (κ1) is 15.9. The molecule has 0 aliphatic heterocycles. The van der Waals surface area contributed by atoms with Crippen LogP contribution in [0.1, 0.15) is 5.56 Å². The fourth-order valence-electron chi connectivity index (χ4n) is 1.65. The first-order valence-electron chi connectivity index (χ1n) is 6.12. The number of thioether (sulfide) groups is 1. The van der Waals surface area contributed by atoms with E-state index in [0.717, 1.165) is 4.90 Å². The summed E-state index contributed by atoms with van der Waals surface area (Å²) in [6, 6.07) is 15.2. The Morgan fingerprint density at radius 1 is 1.05 bits per heavy atom. The minimum atomic E-state index is -3.32. The van der Waals surface area contributed by atoms with Crippen molar-refractivity contribution in [1.82, 2.24) is 0 Å². The van der Waals surface area contributed by atoms with Gasteiger partial charge in [0.15, 0.2) is 9.84 Å². The van der Waals surface area contributed by atoms with Crippen LogP contribution in [0, 0.1) is 11.3 Å². The number of rotatable bonds is 5. The van der Waals surface area contributed by atoms with Crippen LogP contribution in [0.15, 0.2) is 58.3 Å². The Bertz CT molecular complexity index is 748. The molecule has 2 aromatic rings. The highest BCUT2D eigenvalue weighted by Crippen LogP contribution is 2.22. The van der Waals surface area contributed by atoms with Crippen molar-refractivity contribution < 1.29 is 8.42 Å². The first-order chi connectivity index (χ1) is 10.0. The summed E-state index contributed by atoms with van der Waals surface area (Å²) in [6.07, 6.45) is 0. The molecule has 0 radical (unpaired) electrons. The van der Waals surface area contributed by atoms with Gasteiger partial charge in [0, 0.05) is 15.7 Å². The molecule has 0 saturated heterocycles. The van der Waals surface area contributed by atoms with E-state index in [0.29, 0.717) is 16.3 Å². The highest BCUT2D eigenvalue weighted by atomic mass is 35.5. The van der Waals surface area contributed by atoms with E-state index in [-0.39, 0.29) is 10.6 Å². The predicted molar refractivity (Wildman–Crippen MR) is 85.4 cm³/mol. The van der Waals surface area contributed by atoms with Gasteiger partial charge < -0.3 is 0 Å². The van der Waals surface area contributed by atoms with Crippen LogP contribution < -0.4 is 0 Å². The quantitative estimate of drug-likeness (QED) is 0.779. The van der Waals surface area contributed by atoms with E-state index in [2.05, 4.69) is 0 Å². The molecular formula is C15H12ClNO2S2. The summed E-state index contributed by atoms with van der Waals surface area (Å²) in [4.78, 5) is 1.23. The summed E-state index contributed by atoms with van der Waals surface area (Å²) in [5.74, 6) is 0.510. The normalized spacial score (nSPS) is 11.0. The molecule has 0 aliphatic carbocycles. The van der Waals surface area contributed by atoms with Crippen LogP contribution in [0.4, 0.5) is 0 Å². The van der Waals surface area contributed by atoms with Gasteiger partial charge in [0.2, 0.25) is 0 Å². The lowest BCUT2D eigenvalue weighted by atomic mass is 10.2. The molecule has 0 amide bonds. The van der Waals surface area contributed by atoms with Crippen LogP contribution in [-0.4, -0.2) is 19.9 Å². The number of sulfone groups is 1. The molecule has 0 bridgehead atoms. The average molecular weight is 338 g/mol. The molecule has 108 valence electrons. The Kier molecular flexibility index (Phi) is 5.29. The molecule has 0 heterocycles. The number of nitriles is 1. The third-order valence-electron chi connectivity index (χ3n) is 2.78. The molecule has 2 aromatic carbocycles. The molecular weight excluding hydrogens is 326 g/mol. The lowest BCUT2D eigenvalue weighted by Crippen LogP contribution is -2.08. The van der Waals surface area contributed by atoms with Crippen molar-refractivity contribution in [1.29, 1.82) is 5.26 Å². The number of benzene rings is 2. The van der Waals surface area contributed by atoms with Gasteiger partial charge in [0.25, 0.3) is 0 Å². The van der Waals surface area contributed by atoms with E-state index in [1.54, 1.807) is 12.1 Å². The maximum absolute atomic E-state index is 12.2. The second-order valence-electron chi connectivity index (χ2n) is 4.26. The van der Waals surface area contributed by atoms with Crippen molar-refractivity contribution >= 4 is 33.2 Å². The highest BCUT2D eigenvalue weighted by Gasteiger charge is 2.14. The van der Waals surface area contributed by atoms with Gasteiger partial charge in [-0.15, -0.1) is 11.8 Å².